The van der Waals surface area contributed by atoms with Gasteiger partial charge in [-0.1, -0.05) is 23.4 Å². The quantitative estimate of drug-likeness (QED) is 0.588. The SMILES string of the molecule is NCC1(Nc2cnc3nc(Sc4ccnc(N)c4Cl)ccc3n2)CCOC1. The van der Waals surface area contributed by atoms with Crippen molar-refractivity contribution >= 4 is 46.2 Å². The van der Waals surface area contributed by atoms with Crippen molar-refractivity contribution in [3.63, 3.8) is 0 Å². The summed E-state index contributed by atoms with van der Waals surface area (Å²) in [7, 11) is 0. The van der Waals surface area contributed by atoms with Gasteiger partial charge in [-0.25, -0.2) is 19.9 Å². The summed E-state index contributed by atoms with van der Waals surface area (Å²) in [6.07, 6.45) is 4.12. The number of nitrogens with zero attached hydrogens (tertiary/aromatic N) is 4. The molecule has 1 aliphatic heterocycles. The monoisotopic (exact) mass is 403 g/mol. The molecular formula is C17H18ClN7OS. The van der Waals surface area contributed by atoms with Crippen LogP contribution >= 0.6 is 23.4 Å². The van der Waals surface area contributed by atoms with Crippen LogP contribution in [0.4, 0.5) is 11.6 Å². The summed E-state index contributed by atoms with van der Waals surface area (Å²) in [5.41, 5.74) is 12.6. The Balaban J connectivity index is 1.58. The van der Waals surface area contributed by atoms with Crippen molar-refractivity contribution < 1.29 is 4.74 Å². The van der Waals surface area contributed by atoms with E-state index in [-0.39, 0.29) is 5.54 Å². The fraction of sp³-hybridized carbons (Fsp3) is 0.294. The lowest BCUT2D eigenvalue weighted by molar-refractivity contribution is 0.183. The van der Waals surface area contributed by atoms with Gasteiger partial charge in [-0.15, -0.1) is 0 Å². The van der Waals surface area contributed by atoms with E-state index >= 15 is 0 Å². The van der Waals surface area contributed by atoms with E-state index in [9.17, 15) is 0 Å². The Hall–Kier alpha value is -2.20. The molecule has 0 aromatic carbocycles. The summed E-state index contributed by atoms with van der Waals surface area (Å²) in [6, 6.07) is 5.54. The molecule has 140 valence electrons. The molecule has 1 fully saturated rings. The van der Waals surface area contributed by atoms with Gasteiger partial charge in [0.25, 0.3) is 0 Å². The van der Waals surface area contributed by atoms with Crippen LogP contribution in [-0.4, -0.2) is 45.2 Å². The molecule has 3 aromatic heterocycles. The highest BCUT2D eigenvalue weighted by molar-refractivity contribution is 7.99. The number of pyridine rings is 2. The van der Waals surface area contributed by atoms with E-state index in [1.54, 1.807) is 18.5 Å². The van der Waals surface area contributed by atoms with Crippen molar-refractivity contribution in [2.45, 2.75) is 21.9 Å². The van der Waals surface area contributed by atoms with E-state index in [4.69, 9.17) is 27.8 Å². The maximum absolute atomic E-state index is 6.20. The lowest BCUT2D eigenvalue weighted by atomic mass is 9.99. The van der Waals surface area contributed by atoms with Gasteiger partial charge < -0.3 is 21.5 Å². The van der Waals surface area contributed by atoms with Crippen LogP contribution in [0.1, 0.15) is 6.42 Å². The average Bonchev–Trinajstić information content (AvgIpc) is 3.14. The van der Waals surface area contributed by atoms with Crippen molar-refractivity contribution in [3.05, 3.63) is 35.6 Å². The maximum Gasteiger partial charge on any atom is 0.179 e. The summed E-state index contributed by atoms with van der Waals surface area (Å²) in [5, 5.41) is 4.53. The van der Waals surface area contributed by atoms with Gasteiger partial charge in [0.05, 0.1) is 23.4 Å². The van der Waals surface area contributed by atoms with Gasteiger partial charge >= 0.3 is 0 Å². The molecule has 0 saturated carbocycles. The molecule has 0 radical (unpaired) electrons. The van der Waals surface area contributed by atoms with Gasteiger partial charge in [0.15, 0.2) is 5.65 Å². The predicted molar refractivity (Wildman–Crippen MR) is 106 cm³/mol. The Labute approximate surface area is 165 Å². The van der Waals surface area contributed by atoms with Crippen LogP contribution in [0.25, 0.3) is 11.2 Å². The third-order valence-corrected chi connectivity index (χ3v) is 5.87. The van der Waals surface area contributed by atoms with Gasteiger partial charge in [-0.05, 0) is 24.6 Å². The molecule has 1 atom stereocenters. The van der Waals surface area contributed by atoms with Gasteiger partial charge in [-0.2, -0.15) is 0 Å². The van der Waals surface area contributed by atoms with Crippen LogP contribution in [-0.2, 0) is 4.74 Å². The van der Waals surface area contributed by atoms with Crippen LogP contribution in [0.15, 0.2) is 40.5 Å². The number of nitrogens with one attached hydrogen (secondary N) is 1. The lowest BCUT2D eigenvalue weighted by Crippen LogP contribution is -2.46. The van der Waals surface area contributed by atoms with Crippen LogP contribution in [0.5, 0.6) is 0 Å². The van der Waals surface area contributed by atoms with Crippen molar-refractivity contribution in [1.29, 1.82) is 0 Å². The minimum absolute atomic E-state index is 0.288. The summed E-state index contributed by atoms with van der Waals surface area (Å²) < 4.78 is 5.47. The topological polar surface area (TPSA) is 125 Å². The highest BCUT2D eigenvalue weighted by Gasteiger charge is 2.33. The second kappa shape index (κ2) is 7.43. The zero-order chi connectivity index (χ0) is 18.9. The third kappa shape index (κ3) is 3.77. The summed E-state index contributed by atoms with van der Waals surface area (Å²) in [4.78, 5) is 18.3. The normalized spacial score (nSPS) is 19.5. The number of ether oxygens (including phenoxy) is 1. The highest BCUT2D eigenvalue weighted by atomic mass is 35.5. The van der Waals surface area contributed by atoms with E-state index in [1.165, 1.54) is 11.8 Å². The van der Waals surface area contributed by atoms with Gasteiger partial charge in [-0.3, -0.25) is 0 Å². The molecule has 4 heterocycles. The zero-order valence-electron chi connectivity index (χ0n) is 14.4. The van der Waals surface area contributed by atoms with Gasteiger partial charge in [0.1, 0.15) is 22.2 Å². The number of nitrogens with two attached hydrogens (primary N) is 2. The minimum Gasteiger partial charge on any atom is -0.382 e. The molecule has 1 saturated heterocycles. The average molecular weight is 404 g/mol. The molecule has 8 nitrogen and oxygen atoms in total. The first kappa shape index (κ1) is 18.2. The van der Waals surface area contributed by atoms with E-state index in [0.29, 0.717) is 47.6 Å². The number of fused-ring (bicyclic) bond motifs is 1. The number of nitrogen functional groups attached to an aromatic ring is 1. The van der Waals surface area contributed by atoms with E-state index in [0.717, 1.165) is 16.3 Å². The highest BCUT2D eigenvalue weighted by Crippen LogP contribution is 2.34. The van der Waals surface area contributed by atoms with Crippen molar-refractivity contribution in [3.8, 4) is 0 Å². The van der Waals surface area contributed by atoms with Gasteiger partial charge in [0.2, 0.25) is 0 Å². The summed E-state index contributed by atoms with van der Waals surface area (Å²) in [6.45, 7) is 1.72. The smallest absolute Gasteiger partial charge is 0.179 e. The van der Waals surface area contributed by atoms with Crippen LogP contribution in [0.2, 0.25) is 5.02 Å². The van der Waals surface area contributed by atoms with E-state index in [2.05, 4.69) is 25.3 Å². The molecule has 10 heteroatoms. The summed E-state index contributed by atoms with van der Waals surface area (Å²) >= 11 is 7.59. The number of anilines is 2. The molecule has 4 rings (SSSR count). The number of halogens is 1. The second-order valence-electron chi connectivity index (χ2n) is 6.27. The van der Waals surface area contributed by atoms with Crippen molar-refractivity contribution in [1.82, 2.24) is 19.9 Å². The molecule has 3 aromatic rings. The first-order chi connectivity index (χ1) is 13.1. The molecule has 1 unspecified atom stereocenters. The molecule has 27 heavy (non-hydrogen) atoms. The fourth-order valence-corrected chi connectivity index (χ4v) is 3.87. The van der Waals surface area contributed by atoms with Crippen LogP contribution in [0.3, 0.4) is 0 Å². The van der Waals surface area contributed by atoms with E-state index in [1.807, 2.05) is 12.1 Å². The number of hydrogen-bond donors (Lipinski definition) is 3. The molecule has 0 amide bonds. The Morgan fingerprint density at radius 2 is 2.15 bits per heavy atom. The minimum atomic E-state index is -0.288. The molecule has 0 spiro atoms. The fourth-order valence-electron chi connectivity index (χ4n) is 2.83. The summed E-state index contributed by atoms with van der Waals surface area (Å²) in [5.74, 6) is 0.952. The number of hydrogen-bond acceptors (Lipinski definition) is 9. The molecule has 5 N–H and O–H groups in total. The first-order valence-corrected chi connectivity index (χ1v) is 9.56. The standard InChI is InChI=1S/C17H18ClN7OS/c18-14-11(3-5-21-15(14)20)27-13-2-1-10-16(24-13)22-7-12(23-10)25-17(8-19)4-6-26-9-17/h1-3,5,7H,4,6,8-9,19H2,(H2,20,21)(H,23,25). The Morgan fingerprint density at radius 3 is 2.93 bits per heavy atom. The molecule has 0 aliphatic carbocycles. The largest absolute Gasteiger partial charge is 0.382 e. The predicted octanol–water partition coefficient (Wildman–Crippen LogP) is 2.34. The second-order valence-corrected chi connectivity index (χ2v) is 7.71. The van der Waals surface area contributed by atoms with Crippen molar-refractivity contribution in [2.75, 3.05) is 30.8 Å². The Morgan fingerprint density at radius 1 is 1.26 bits per heavy atom. The molecular weight excluding hydrogens is 386 g/mol. The van der Waals surface area contributed by atoms with Crippen molar-refractivity contribution in [2.24, 2.45) is 5.73 Å². The number of rotatable bonds is 5. The molecule has 0 bridgehead atoms. The molecule has 1 aliphatic rings. The maximum atomic E-state index is 6.20. The van der Waals surface area contributed by atoms with Gasteiger partial charge in [0, 0.05) is 24.2 Å². The first-order valence-electron chi connectivity index (χ1n) is 8.36. The third-order valence-electron chi connectivity index (χ3n) is 4.36. The zero-order valence-corrected chi connectivity index (χ0v) is 15.9. The van der Waals surface area contributed by atoms with E-state index < -0.39 is 0 Å². The van der Waals surface area contributed by atoms with Crippen LogP contribution in [0, 0.1) is 0 Å². The van der Waals surface area contributed by atoms with Crippen LogP contribution < -0.4 is 16.8 Å². The Kier molecular flexibility index (Phi) is 5.00. The Bertz CT molecular complexity index is 981. The lowest BCUT2D eigenvalue weighted by Gasteiger charge is -2.27. The number of aromatic nitrogens is 4.